The SMILES string of the molecule is CCOC(=O)c1ccccc1C=Nc1ccccc1O. The number of carbonyl (C=O) groups excluding carboxylic acids is 1. The topological polar surface area (TPSA) is 58.9 Å². The van der Waals surface area contributed by atoms with Crippen LogP contribution in [0.4, 0.5) is 5.69 Å². The minimum atomic E-state index is -0.383. The number of para-hydroxylation sites is 2. The van der Waals surface area contributed by atoms with Crippen LogP contribution in [-0.4, -0.2) is 23.9 Å². The van der Waals surface area contributed by atoms with Gasteiger partial charge in [-0.25, -0.2) is 4.79 Å². The van der Waals surface area contributed by atoms with E-state index in [2.05, 4.69) is 4.99 Å². The third-order valence-electron chi connectivity index (χ3n) is 2.68. The molecule has 2 rings (SSSR count). The Bertz CT molecular complexity index is 635. The molecule has 0 aliphatic heterocycles. The van der Waals surface area contributed by atoms with Gasteiger partial charge in [0.2, 0.25) is 0 Å². The second kappa shape index (κ2) is 6.52. The van der Waals surface area contributed by atoms with Crippen LogP contribution in [0.3, 0.4) is 0 Å². The number of rotatable bonds is 4. The van der Waals surface area contributed by atoms with Gasteiger partial charge in [0.25, 0.3) is 0 Å². The number of phenolic OH excluding ortho intramolecular Hbond substituents is 1. The molecule has 0 saturated heterocycles. The lowest BCUT2D eigenvalue weighted by Gasteiger charge is -2.05. The Morgan fingerprint density at radius 1 is 1.20 bits per heavy atom. The van der Waals surface area contributed by atoms with E-state index in [1.165, 1.54) is 0 Å². The predicted octanol–water partition coefficient (Wildman–Crippen LogP) is 3.32. The van der Waals surface area contributed by atoms with E-state index in [1.54, 1.807) is 55.6 Å². The lowest BCUT2D eigenvalue weighted by Crippen LogP contribution is -2.07. The molecule has 2 aromatic carbocycles. The molecule has 0 aromatic heterocycles. The average molecular weight is 269 g/mol. The van der Waals surface area contributed by atoms with Crippen LogP contribution in [-0.2, 0) is 4.74 Å². The third kappa shape index (κ3) is 3.23. The first-order valence-electron chi connectivity index (χ1n) is 6.30. The van der Waals surface area contributed by atoms with E-state index in [0.717, 1.165) is 0 Å². The summed E-state index contributed by atoms with van der Waals surface area (Å²) in [5.74, 6) is -0.288. The van der Waals surface area contributed by atoms with Crippen molar-refractivity contribution in [1.29, 1.82) is 0 Å². The van der Waals surface area contributed by atoms with Gasteiger partial charge in [0.1, 0.15) is 11.4 Å². The Hall–Kier alpha value is -2.62. The average Bonchev–Trinajstić information content (AvgIpc) is 2.47. The number of phenols is 1. The molecule has 0 bridgehead atoms. The van der Waals surface area contributed by atoms with Gasteiger partial charge >= 0.3 is 5.97 Å². The first-order chi connectivity index (χ1) is 9.72. The number of aromatic hydroxyl groups is 1. The Labute approximate surface area is 117 Å². The van der Waals surface area contributed by atoms with Crippen molar-refractivity contribution < 1.29 is 14.6 Å². The van der Waals surface area contributed by atoms with Crippen molar-refractivity contribution in [3.05, 3.63) is 59.7 Å². The molecule has 102 valence electrons. The van der Waals surface area contributed by atoms with E-state index >= 15 is 0 Å². The third-order valence-corrected chi connectivity index (χ3v) is 2.68. The lowest BCUT2D eigenvalue weighted by atomic mass is 10.1. The number of esters is 1. The lowest BCUT2D eigenvalue weighted by molar-refractivity contribution is 0.0526. The van der Waals surface area contributed by atoms with Gasteiger partial charge in [-0.2, -0.15) is 0 Å². The first-order valence-corrected chi connectivity index (χ1v) is 6.30. The van der Waals surface area contributed by atoms with Crippen molar-refractivity contribution in [1.82, 2.24) is 0 Å². The summed E-state index contributed by atoms with van der Waals surface area (Å²) in [5.41, 5.74) is 1.55. The minimum Gasteiger partial charge on any atom is -0.506 e. The van der Waals surface area contributed by atoms with Crippen molar-refractivity contribution in [2.45, 2.75) is 6.92 Å². The van der Waals surface area contributed by atoms with E-state index in [9.17, 15) is 9.90 Å². The number of hydrogen-bond acceptors (Lipinski definition) is 4. The van der Waals surface area contributed by atoms with Crippen LogP contribution in [0, 0.1) is 0 Å². The van der Waals surface area contributed by atoms with Gasteiger partial charge in [-0.15, -0.1) is 0 Å². The van der Waals surface area contributed by atoms with Crippen molar-refractivity contribution in [2.24, 2.45) is 4.99 Å². The van der Waals surface area contributed by atoms with Gasteiger partial charge in [0.15, 0.2) is 0 Å². The summed E-state index contributed by atoms with van der Waals surface area (Å²) in [6, 6.07) is 13.8. The maximum Gasteiger partial charge on any atom is 0.338 e. The molecule has 4 nitrogen and oxygen atoms in total. The first kappa shape index (κ1) is 13.8. The smallest absolute Gasteiger partial charge is 0.338 e. The Morgan fingerprint density at radius 3 is 2.65 bits per heavy atom. The van der Waals surface area contributed by atoms with Crippen LogP contribution in [0.2, 0.25) is 0 Å². The maximum absolute atomic E-state index is 11.8. The molecule has 2 aromatic rings. The molecular formula is C16H15NO3. The van der Waals surface area contributed by atoms with Gasteiger partial charge in [-0.3, -0.25) is 4.99 Å². The number of nitrogens with zero attached hydrogens (tertiary/aromatic N) is 1. The molecule has 1 N–H and O–H groups in total. The van der Waals surface area contributed by atoms with Gasteiger partial charge < -0.3 is 9.84 Å². The molecule has 0 atom stereocenters. The second-order valence-corrected chi connectivity index (χ2v) is 4.05. The summed E-state index contributed by atoms with van der Waals surface area (Å²) >= 11 is 0. The highest BCUT2D eigenvalue weighted by molar-refractivity contribution is 6.00. The zero-order chi connectivity index (χ0) is 14.4. The Balaban J connectivity index is 2.30. The zero-order valence-electron chi connectivity index (χ0n) is 11.1. The molecule has 0 radical (unpaired) electrons. The largest absolute Gasteiger partial charge is 0.506 e. The molecule has 0 unspecified atom stereocenters. The van der Waals surface area contributed by atoms with E-state index in [0.29, 0.717) is 23.4 Å². The number of ether oxygens (including phenoxy) is 1. The van der Waals surface area contributed by atoms with E-state index in [1.807, 2.05) is 6.07 Å². The van der Waals surface area contributed by atoms with Gasteiger partial charge in [-0.05, 0) is 25.1 Å². The molecule has 0 saturated carbocycles. The van der Waals surface area contributed by atoms with Crippen molar-refractivity contribution in [2.75, 3.05) is 6.61 Å². The minimum absolute atomic E-state index is 0.0948. The molecular weight excluding hydrogens is 254 g/mol. The predicted molar refractivity (Wildman–Crippen MR) is 77.8 cm³/mol. The van der Waals surface area contributed by atoms with Crippen LogP contribution in [0.5, 0.6) is 5.75 Å². The van der Waals surface area contributed by atoms with Gasteiger partial charge in [0.05, 0.1) is 12.2 Å². The fourth-order valence-electron chi connectivity index (χ4n) is 1.72. The van der Waals surface area contributed by atoms with Crippen molar-refractivity contribution >= 4 is 17.9 Å². The van der Waals surface area contributed by atoms with Crippen molar-refractivity contribution in [3.8, 4) is 5.75 Å². The fourth-order valence-corrected chi connectivity index (χ4v) is 1.72. The summed E-state index contributed by atoms with van der Waals surface area (Å²) in [7, 11) is 0. The number of benzene rings is 2. The summed E-state index contributed by atoms with van der Waals surface area (Å²) in [6.07, 6.45) is 1.54. The van der Waals surface area contributed by atoms with Crippen LogP contribution in [0.25, 0.3) is 0 Å². The highest BCUT2D eigenvalue weighted by Crippen LogP contribution is 2.24. The number of hydrogen-bond donors (Lipinski definition) is 1. The summed E-state index contributed by atoms with van der Waals surface area (Å²) in [6.45, 7) is 2.08. The maximum atomic E-state index is 11.8. The quantitative estimate of drug-likeness (QED) is 0.684. The molecule has 4 heteroatoms. The molecule has 0 heterocycles. The van der Waals surface area contributed by atoms with Gasteiger partial charge in [-0.1, -0.05) is 30.3 Å². The molecule has 20 heavy (non-hydrogen) atoms. The molecule has 0 aliphatic carbocycles. The van der Waals surface area contributed by atoms with Crippen LogP contribution in [0.15, 0.2) is 53.5 Å². The summed E-state index contributed by atoms with van der Waals surface area (Å²) in [4.78, 5) is 16.0. The Morgan fingerprint density at radius 2 is 1.90 bits per heavy atom. The van der Waals surface area contributed by atoms with E-state index < -0.39 is 0 Å². The van der Waals surface area contributed by atoms with E-state index in [-0.39, 0.29) is 11.7 Å². The van der Waals surface area contributed by atoms with Gasteiger partial charge in [0, 0.05) is 11.8 Å². The molecule has 0 aliphatic rings. The van der Waals surface area contributed by atoms with Crippen molar-refractivity contribution in [3.63, 3.8) is 0 Å². The monoisotopic (exact) mass is 269 g/mol. The molecule has 0 spiro atoms. The zero-order valence-corrected chi connectivity index (χ0v) is 11.1. The number of carbonyl (C=O) groups is 1. The van der Waals surface area contributed by atoms with E-state index in [4.69, 9.17) is 4.74 Å². The molecule has 0 fully saturated rings. The van der Waals surface area contributed by atoms with Crippen LogP contribution < -0.4 is 0 Å². The van der Waals surface area contributed by atoms with Crippen LogP contribution >= 0.6 is 0 Å². The highest BCUT2D eigenvalue weighted by atomic mass is 16.5. The van der Waals surface area contributed by atoms with Crippen LogP contribution in [0.1, 0.15) is 22.8 Å². The highest BCUT2D eigenvalue weighted by Gasteiger charge is 2.10. The summed E-state index contributed by atoms with van der Waals surface area (Å²) in [5, 5.41) is 9.65. The standard InChI is InChI=1S/C16H15NO3/c1-2-20-16(19)13-8-4-3-7-12(13)11-17-14-9-5-6-10-15(14)18/h3-11,18H,2H2,1H3. The number of aliphatic imine (C=N–C) groups is 1. The normalized spacial score (nSPS) is 10.7. The molecule has 0 amide bonds. The summed E-state index contributed by atoms with van der Waals surface area (Å²) < 4.78 is 4.99. The second-order valence-electron chi connectivity index (χ2n) is 4.05. The fraction of sp³-hybridized carbons (Fsp3) is 0.125. The Kier molecular flexibility index (Phi) is 4.50.